The molecule has 4 heteroatoms. The predicted octanol–water partition coefficient (Wildman–Crippen LogP) is 14.5. The fourth-order valence-electron chi connectivity index (χ4n) is 9.06. The molecule has 0 unspecified atom stereocenters. The van der Waals surface area contributed by atoms with Gasteiger partial charge in [-0.2, -0.15) is 0 Å². The molecular formula is C55H42BN2S. The summed E-state index contributed by atoms with van der Waals surface area (Å²) in [5.74, 6) is 0. The van der Waals surface area contributed by atoms with E-state index in [1.165, 1.54) is 103 Å². The number of anilines is 5. The summed E-state index contributed by atoms with van der Waals surface area (Å²) in [5.41, 5.74) is 15.6. The molecule has 0 fully saturated rings. The zero-order valence-corrected chi connectivity index (χ0v) is 34.5. The molecule has 59 heavy (non-hydrogen) atoms. The van der Waals surface area contributed by atoms with Gasteiger partial charge in [0, 0.05) is 54.2 Å². The molecule has 0 atom stereocenters. The van der Waals surface area contributed by atoms with Crippen molar-refractivity contribution in [2.45, 2.75) is 33.1 Å². The molecule has 11 rings (SSSR count). The van der Waals surface area contributed by atoms with Gasteiger partial charge in [0.25, 0.3) is 0 Å². The highest BCUT2D eigenvalue weighted by molar-refractivity contribution is 7.25. The first-order valence-electron chi connectivity index (χ1n) is 20.5. The van der Waals surface area contributed by atoms with E-state index in [-0.39, 0.29) is 5.41 Å². The number of nitrogens with zero attached hydrogens (tertiary/aromatic N) is 1. The van der Waals surface area contributed by atoms with E-state index in [4.69, 9.17) is 0 Å². The van der Waals surface area contributed by atoms with Crippen molar-refractivity contribution in [1.29, 1.82) is 0 Å². The zero-order valence-electron chi connectivity index (χ0n) is 33.7. The smallest absolute Gasteiger partial charge is 0.197 e. The van der Waals surface area contributed by atoms with E-state index in [0.717, 1.165) is 11.4 Å². The average Bonchev–Trinajstić information content (AvgIpc) is 3.62. The summed E-state index contributed by atoms with van der Waals surface area (Å²) < 4.78 is 2.61. The van der Waals surface area contributed by atoms with Gasteiger partial charge in [-0.15, -0.1) is 11.3 Å². The molecule has 0 spiro atoms. The Morgan fingerprint density at radius 2 is 1.20 bits per heavy atom. The number of hydrogen-bond acceptors (Lipinski definition) is 3. The number of aryl methyl sites for hydroxylation is 1. The molecule has 281 valence electrons. The van der Waals surface area contributed by atoms with E-state index >= 15 is 0 Å². The second-order valence-electron chi connectivity index (χ2n) is 17.0. The van der Waals surface area contributed by atoms with Gasteiger partial charge in [-0.3, -0.25) is 0 Å². The molecule has 1 aromatic heterocycles. The highest BCUT2D eigenvalue weighted by Crippen LogP contribution is 2.47. The minimum absolute atomic E-state index is 0.0793. The molecule has 2 heterocycles. The first-order chi connectivity index (χ1) is 28.8. The number of hydrogen-bond donors (Lipinski definition) is 1. The normalized spacial score (nSPS) is 12.5. The van der Waals surface area contributed by atoms with Crippen LogP contribution < -0.4 is 21.1 Å². The van der Waals surface area contributed by atoms with Gasteiger partial charge in [0.15, 0.2) is 7.28 Å². The van der Waals surface area contributed by atoms with Crippen molar-refractivity contribution in [2.75, 3.05) is 10.2 Å². The molecule has 0 aliphatic carbocycles. The van der Waals surface area contributed by atoms with E-state index in [1.807, 2.05) is 11.3 Å². The lowest BCUT2D eigenvalue weighted by Gasteiger charge is -2.37. The predicted molar refractivity (Wildman–Crippen MR) is 258 cm³/mol. The highest BCUT2D eigenvalue weighted by atomic mass is 32.1. The largest absolute Gasteiger partial charge is 0.355 e. The maximum Gasteiger partial charge on any atom is 0.197 e. The van der Waals surface area contributed by atoms with Crippen molar-refractivity contribution in [3.05, 3.63) is 187 Å². The van der Waals surface area contributed by atoms with Crippen LogP contribution in [0.1, 0.15) is 31.9 Å². The van der Waals surface area contributed by atoms with Crippen LogP contribution in [0.3, 0.4) is 0 Å². The standard InChI is InChI=1S/C55H42BN2S/c1-34-28-38(35-14-6-5-7-15-35)22-27-49(34)58-50-33-52-45(43-20-12-13-21-51(43)59-52)32-47(50)56-53-46(30-39-18-10-11-19-42(39)54(53)58)44-29-36-16-8-9-17-37(36)31-48(44)57-41-25-23-40(24-26-41)55(2,3)4/h5-33,57H,1-4H3. The third kappa shape index (κ3) is 6.10. The van der Waals surface area contributed by atoms with Crippen molar-refractivity contribution in [2.24, 2.45) is 0 Å². The van der Waals surface area contributed by atoms with Crippen molar-refractivity contribution in [3.63, 3.8) is 0 Å². The van der Waals surface area contributed by atoms with Crippen molar-refractivity contribution in [3.8, 4) is 22.3 Å². The van der Waals surface area contributed by atoms with Crippen LogP contribution in [0.2, 0.25) is 0 Å². The molecule has 0 saturated carbocycles. The maximum absolute atomic E-state index is 3.90. The summed E-state index contributed by atoms with van der Waals surface area (Å²) in [4.78, 5) is 2.56. The first-order valence-corrected chi connectivity index (χ1v) is 21.3. The lowest BCUT2D eigenvalue weighted by Crippen LogP contribution is -2.41. The summed E-state index contributed by atoms with van der Waals surface area (Å²) in [6.07, 6.45) is 0. The fourth-order valence-corrected chi connectivity index (χ4v) is 10.2. The molecule has 0 amide bonds. The Balaban J connectivity index is 1.18. The second kappa shape index (κ2) is 13.8. The quantitative estimate of drug-likeness (QED) is 0.175. The summed E-state index contributed by atoms with van der Waals surface area (Å²) in [7, 11) is 2.46. The molecule has 0 bridgehead atoms. The maximum atomic E-state index is 3.90. The number of fused-ring (bicyclic) bond motifs is 8. The Morgan fingerprint density at radius 3 is 1.97 bits per heavy atom. The van der Waals surface area contributed by atoms with E-state index in [2.05, 4.69) is 221 Å². The van der Waals surface area contributed by atoms with Crippen LogP contribution in [0, 0.1) is 6.92 Å². The molecule has 10 aromatic rings. The van der Waals surface area contributed by atoms with Gasteiger partial charge in [-0.25, -0.2) is 0 Å². The molecule has 0 saturated heterocycles. The van der Waals surface area contributed by atoms with E-state index in [9.17, 15) is 0 Å². The van der Waals surface area contributed by atoms with Gasteiger partial charge in [0.1, 0.15) is 0 Å². The topological polar surface area (TPSA) is 15.3 Å². The van der Waals surface area contributed by atoms with Crippen LogP contribution in [0.4, 0.5) is 28.4 Å². The van der Waals surface area contributed by atoms with Crippen LogP contribution in [-0.4, -0.2) is 7.28 Å². The van der Waals surface area contributed by atoms with Crippen molar-refractivity contribution >= 4 is 99.7 Å². The summed E-state index contributed by atoms with van der Waals surface area (Å²) in [6, 6.07) is 65.1. The van der Waals surface area contributed by atoms with E-state index < -0.39 is 0 Å². The molecule has 1 aliphatic rings. The monoisotopic (exact) mass is 773 g/mol. The van der Waals surface area contributed by atoms with Crippen LogP contribution in [-0.2, 0) is 5.41 Å². The Hall–Kier alpha value is -6.62. The summed E-state index contributed by atoms with van der Waals surface area (Å²) >= 11 is 1.88. The number of nitrogens with one attached hydrogen (secondary N) is 1. The third-order valence-electron chi connectivity index (χ3n) is 12.1. The SMILES string of the molecule is Cc1cc(-c2ccccc2)ccc1N1c2cc3sc4ccccc4c3cc2[B]c2c(-c3cc4ccccc4cc3Nc3ccc(C(C)(C)C)cc3)cc3ccccc3c21. The van der Waals surface area contributed by atoms with Crippen LogP contribution in [0.15, 0.2) is 176 Å². The van der Waals surface area contributed by atoms with Gasteiger partial charge in [0.05, 0.1) is 0 Å². The molecule has 2 nitrogen and oxygen atoms in total. The number of rotatable bonds is 5. The van der Waals surface area contributed by atoms with Gasteiger partial charge in [-0.1, -0.05) is 148 Å². The van der Waals surface area contributed by atoms with Crippen LogP contribution in [0.25, 0.3) is 64.0 Å². The van der Waals surface area contributed by atoms with E-state index in [1.54, 1.807) is 0 Å². The highest BCUT2D eigenvalue weighted by Gasteiger charge is 2.32. The Kier molecular flexibility index (Phi) is 8.29. The first kappa shape index (κ1) is 35.5. The number of thiophene rings is 1. The molecule has 1 N–H and O–H groups in total. The molecule has 1 aliphatic heterocycles. The minimum Gasteiger partial charge on any atom is -0.355 e. The van der Waals surface area contributed by atoms with Crippen LogP contribution in [0.5, 0.6) is 0 Å². The number of benzene rings is 9. The summed E-state index contributed by atoms with van der Waals surface area (Å²) in [6.45, 7) is 9.06. The minimum atomic E-state index is 0.0793. The molecular weight excluding hydrogens is 731 g/mol. The van der Waals surface area contributed by atoms with Gasteiger partial charge < -0.3 is 10.2 Å². The zero-order chi connectivity index (χ0) is 39.8. The van der Waals surface area contributed by atoms with Crippen LogP contribution >= 0.6 is 11.3 Å². The van der Waals surface area contributed by atoms with Crippen molar-refractivity contribution in [1.82, 2.24) is 0 Å². The second-order valence-corrected chi connectivity index (χ2v) is 18.0. The van der Waals surface area contributed by atoms with E-state index in [0.29, 0.717) is 0 Å². The third-order valence-corrected chi connectivity index (χ3v) is 13.2. The summed E-state index contributed by atoms with van der Waals surface area (Å²) in [5, 5.41) is 11.4. The average molecular weight is 774 g/mol. The van der Waals surface area contributed by atoms with Crippen molar-refractivity contribution < 1.29 is 0 Å². The Morgan fingerprint density at radius 1 is 0.525 bits per heavy atom. The fraction of sp³-hybridized carbons (Fsp3) is 0.0909. The van der Waals surface area contributed by atoms with Gasteiger partial charge >= 0.3 is 0 Å². The van der Waals surface area contributed by atoms with Gasteiger partial charge in [0.2, 0.25) is 0 Å². The van der Waals surface area contributed by atoms with Gasteiger partial charge in [-0.05, 0) is 122 Å². The molecule has 9 aromatic carbocycles. The Bertz CT molecular complexity index is 3270. The lowest BCUT2D eigenvalue weighted by atomic mass is 9.57. The molecule has 1 radical (unpaired) electrons. The Labute approximate surface area is 350 Å². The lowest BCUT2D eigenvalue weighted by molar-refractivity contribution is 0.590.